The van der Waals surface area contributed by atoms with Crippen molar-refractivity contribution in [2.75, 3.05) is 4.90 Å². The number of thiocarbonyl (C=S) groups is 1. The Hall–Kier alpha value is -3.53. The number of hydrogen-bond acceptors (Lipinski definition) is 4. The standard InChI is InChI=1S/C24H16Cl2FN3O4S/c1-11-7-13(12(2)29(11)14-3-5-18(25)16(9-14)23(33)34)8-17-21(31)28-24(35)30(22(17)32)15-4-6-20(27)19(26)10-15/h3-10H,1-2H3,(H,33,34)(H,28,31,35)/b17-8+. The van der Waals surface area contributed by atoms with E-state index in [1.165, 1.54) is 30.3 Å². The fourth-order valence-electron chi connectivity index (χ4n) is 3.82. The third-order valence-corrected chi connectivity index (χ3v) is 6.38. The highest BCUT2D eigenvalue weighted by Gasteiger charge is 2.35. The van der Waals surface area contributed by atoms with Gasteiger partial charge in [0.1, 0.15) is 11.4 Å². The highest BCUT2D eigenvalue weighted by Crippen LogP contribution is 2.29. The number of aromatic carboxylic acids is 1. The normalized spacial score (nSPS) is 15.1. The van der Waals surface area contributed by atoms with Crippen LogP contribution in [0.4, 0.5) is 10.1 Å². The SMILES string of the molecule is Cc1cc(/C=C2\C(=O)NC(=S)N(c3ccc(F)c(Cl)c3)C2=O)c(C)n1-c1ccc(Cl)c(C(=O)O)c1. The van der Waals surface area contributed by atoms with Gasteiger partial charge in [-0.1, -0.05) is 23.2 Å². The van der Waals surface area contributed by atoms with Crippen LogP contribution in [0.25, 0.3) is 11.8 Å². The Kier molecular flexibility index (Phi) is 6.50. The van der Waals surface area contributed by atoms with Gasteiger partial charge in [-0.15, -0.1) is 0 Å². The van der Waals surface area contributed by atoms with Crippen molar-refractivity contribution in [1.82, 2.24) is 9.88 Å². The Balaban J connectivity index is 1.78. The number of benzene rings is 2. The van der Waals surface area contributed by atoms with Crippen LogP contribution in [0.15, 0.2) is 48.0 Å². The number of carbonyl (C=O) groups excluding carboxylic acids is 2. The number of amides is 2. The lowest BCUT2D eigenvalue weighted by Gasteiger charge is -2.29. The number of carboxylic acid groups (broad SMARTS) is 1. The van der Waals surface area contributed by atoms with Gasteiger partial charge in [0.15, 0.2) is 5.11 Å². The van der Waals surface area contributed by atoms with Gasteiger partial charge in [0.2, 0.25) is 0 Å². The van der Waals surface area contributed by atoms with Crippen molar-refractivity contribution in [1.29, 1.82) is 0 Å². The van der Waals surface area contributed by atoms with Crippen LogP contribution < -0.4 is 10.2 Å². The summed E-state index contributed by atoms with van der Waals surface area (Å²) in [5.41, 5.74) is 2.44. The molecule has 4 rings (SSSR count). The van der Waals surface area contributed by atoms with Gasteiger partial charge in [-0.3, -0.25) is 19.8 Å². The molecule has 0 unspecified atom stereocenters. The summed E-state index contributed by atoms with van der Waals surface area (Å²) < 4.78 is 15.4. The molecule has 0 radical (unpaired) electrons. The Labute approximate surface area is 214 Å². The lowest BCUT2D eigenvalue weighted by atomic mass is 10.1. The van der Waals surface area contributed by atoms with Crippen molar-refractivity contribution < 1.29 is 23.9 Å². The van der Waals surface area contributed by atoms with Crippen LogP contribution in [-0.4, -0.2) is 32.6 Å². The van der Waals surface area contributed by atoms with Crippen LogP contribution in [-0.2, 0) is 9.59 Å². The number of aromatic nitrogens is 1. The summed E-state index contributed by atoms with van der Waals surface area (Å²) in [6.07, 6.45) is 1.42. The minimum atomic E-state index is -1.16. The first-order chi connectivity index (χ1) is 16.5. The van der Waals surface area contributed by atoms with E-state index in [0.29, 0.717) is 16.9 Å². The van der Waals surface area contributed by atoms with E-state index in [0.717, 1.165) is 16.7 Å². The Morgan fingerprint density at radius 1 is 1.06 bits per heavy atom. The van der Waals surface area contributed by atoms with Crippen LogP contribution in [0.3, 0.4) is 0 Å². The molecule has 7 nitrogen and oxygen atoms in total. The van der Waals surface area contributed by atoms with E-state index in [9.17, 15) is 23.9 Å². The van der Waals surface area contributed by atoms with Crippen LogP contribution in [0, 0.1) is 19.7 Å². The lowest BCUT2D eigenvalue weighted by Crippen LogP contribution is -2.54. The topological polar surface area (TPSA) is 91.6 Å². The molecule has 1 aliphatic heterocycles. The van der Waals surface area contributed by atoms with E-state index >= 15 is 0 Å². The first-order valence-corrected chi connectivity index (χ1v) is 11.2. The summed E-state index contributed by atoms with van der Waals surface area (Å²) in [7, 11) is 0. The van der Waals surface area contributed by atoms with Crippen LogP contribution in [0.1, 0.15) is 27.3 Å². The zero-order valence-corrected chi connectivity index (χ0v) is 20.6. The molecule has 0 atom stereocenters. The zero-order valence-electron chi connectivity index (χ0n) is 18.2. The average Bonchev–Trinajstić information content (AvgIpc) is 3.06. The van der Waals surface area contributed by atoms with Crippen molar-refractivity contribution in [2.45, 2.75) is 13.8 Å². The van der Waals surface area contributed by atoms with Crippen molar-refractivity contribution in [3.63, 3.8) is 0 Å². The van der Waals surface area contributed by atoms with E-state index in [4.69, 9.17) is 35.4 Å². The van der Waals surface area contributed by atoms with Gasteiger partial charge in [-0.25, -0.2) is 9.18 Å². The predicted octanol–water partition coefficient (Wildman–Crippen LogP) is 5.07. The molecule has 1 fully saturated rings. The van der Waals surface area contributed by atoms with Crippen molar-refractivity contribution in [2.24, 2.45) is 0 Å². The number of anilines is 1. The molecule has 2 N–H and O–H groups in total. The quantitative estimate of drug-likeness (QED) is 0.278. The summed E-state index contributed by atoms with van der Waals surface area (Å²) in [6.45, 7) is 3.57. The molecule has 2 heterocycles. The highest BCUT2D eigenvalue weighted by atomic mass is 35.5. The molecule has 1 saturated heterocycles. The Morgan fingerprint density at radius 2 is 1.74 bits per heavy atom. The van der Waals surface area contributed by atoms with Gasteiger partial charge >= 0.3 is 5.97 Å². The van der Waals surface area contributed by atoms with E-state index in [1.807, 2.05) is 0 Å². The molecule has 0 saturated carbocycles. The molecular formula is C24H16Cl2FN3O4S. The number of carbonyl (C=O) groups is 3. The summed E-state index contributed by atoms with van der Waals surface area (Å²) in [5, 5.41) is 11.6. The third-order valence-electron chi connectivity index (χ3n) is 5.47. The average molecular weight is 532 g/mol. The summed E-state index contributed by atoms with van der Waals surface area (Å²) in [6, 6.07) is 10.0. The molecule has 178 valence electrons. The van der Waals surface area contributed by atoms with Gasteiger partial charge < -0.3 is 9.67 Å². The number of aryl methyl sites for hydroxylation is 1. The lowest BCUT2D eigenvalue weighted by molar-refractivity contribution is -0.122. The minimum Gasteiger partial charge on any atom is -0.478 e. The van der Waals surface area contributed by atoms with Crippen molar-refractivity contribution in [3.05, 3.63) is 86.4 Å². The molecule has 2 amide bonds. The van der Waals surface area contributed by atoms with E-state index in [2.05, 4.69) is 5.32 Å². The summed E-state index contributed by atoms with van der Waals surface area (Å²) in [4.78, 5) is 38.5. The Morgan fingerprint density at radius 3 is 2.40 bits per heavy atom. The first kappa shape index (κ1) is 24.6. The van der Waals surface area contributed by atoms with Gasteiger partial charge in [0, 0.05) is 17.1 Å². The second-order valence-corrected chi connectivity index (χ2v) is 8.89. The van der Waals surface area contributed by atoms with Gasteiger partial charge in [0.05, 0.1) is 21.3 Å². The largest absolute Gasteiger partial charge is 0.478 e. The minimum absolute atomic E-state index is 0.0551. The second kappa shape index (κ2) is 9.26. The molecule has 0 bridgehead atoms. The molecule has 1 aromatic heterocycles. The predicted molar refractivity (Wildman–Crippen MR) is 135 cm³/mol. The number of halogens is 3. The maximum Gasteiger partial charge on any atom is 0.337 e. The first-order valence-electron chi connectivity index (χ1n) is 10.1. The fraction of sp³-hybridized carbons (Fsp3) is 0.0833. The zero-order chi connectivity index (χ0) is 25.6. The number of nitrogens with zero attached hydrogens (tertiary/aromatic N) is 2. The van der Waals surface area contributed by atoms with E-state index in [-0.39, 0.29) is 32.0 Å². The number of nitrogens with one attached hydrogen (secondary N) is 1. The van der Waals surface area contributed by atoms with Gasteiger partial charge in [0.25, 0.3) is 11.8 Å². The molecular weight excluding hydrogens is 516 g/mol. The monoisotopic (exact) mass is 531 g/mol. The van der Waals surface area contributed by atoms with Gasteiger partial charge in [-0.05, 0) is 80.2 Å². The molecule has 1 aliphatic rings. The molecule has 3 aromatic rings. The molecule has 2 aromatic carbocycles. The van der Waals surface area contributed by atoms with Crippen molar-refractivity contribution >= 4 is 70.1 Å². The molecule has 35 heavy (non-hydrogen) atoms. The second-order valence-electron chi connectivity index (χ2n) is 7.69. The Bertz CT molecular complexity index is 1480. The molecule has 11 heteroatoms. The maximum atomic E-state index is 13.6. The van der Waals surface area contributed by atoms with E-state index in [1.54, 1.807) is 30.5 Å². The van der Waals surface area contributed by atoms with E-state index < -0.39 is 23.6 Å². The number of hydrogen-bond donors (Lipinski definition) is 2. The van der Waals surface area contributed by atoms with Crippen LogP contribution in [0.2, 0.25) is 10.0 Å². The molecule has 0 spiro atoms. The number of rotatable bonds is 4. The fourth-order valence-corrected chi connectivity index (χ4v) is 4.47. The summed E-state index contributed by atoms with van der Waals surface area (Å²) >= 11 is 17.0. The van der Waals surface area contributed by atoms with Crippen LogP contribution >= 0.6 is 35.4 Å². The van der Waals surface area contributed by atoms with Gasteiger partial charge in [-0.2, -0.15) is 0 Å². The smallest absolute Gasteiger partial charge is 0.337 e. The molecule has 0 aliphatic carbocycles. The maximum absolute atomic E-state index is 13.6. The van der Waals surface area contributed by atoms with Crippen molar-refractivity contribution in [3.8, 4) is 5.69 Å². The highest BCUT2D eigenvalue weighted by molar-refractivity contribution is 7.80. The summed E-state index contributed by atoms with van der Waals surface area (Å²) in [5.74, 6) is -3.21. The third kappa shape index (κ3) is 4.45. The number of carboxylic acids is 1. The van der Waals surface area contributed by atoms with Crippen LogP contribution in [0.5, 0.6) is 0 Å².